The Morgan fingerprint density at radius 2 is 1.88 bits per heavy atom. The third-order valence-corrected chi connectivity index (χ3v) is 3.65. The van der Waals surface area contributed by atoms with Crippen LogP contribution in [0.2, 0.25) is 0 Å². The first-order valence-corrected chi connectivity index (χ1v) is 7.52. The van der Waals surface area contributed by atoms with Crippen LogP contribution in [0.1, 0.15) is 26.5 Å². The summed E-state index contributed by atoms with van der Waals surface area (Å²) >= 11 is 0. The van der Waals surface area contributed by atoms with Crippen molar-refractivity contribution in [2.75, 3.05) is 12.4 Å². The Balaban J connectivity index is 1.91. The number of anilines is 1. The van der Waals surface area contributed by atoms with Gasteiger partial charge in [0.2, 0.25) is 0 Å². The minimum Gasteiger partial charge on any atom is -0.465 e. The molecule has 0 bridgehead atoms. The van der Waals surface area contributed by atoms with Crippen molar-refractivity contribution in [2.45, 2.75) is 6.92 Å². The Morgan fingerprint density at radius 1 is 1.08 bits per heavy atom. The number of nitrogens with one attached hydrogen (secondary N) is 1. The molecule has 2 aromatic carbocycles. The normalized spacial score (nSPS) is 10.5. The number of carbonyl (C=O) groups excluding carboxylic acids is 2. The Kier molecular flexibility index (Phi) is 4.35. The summed E-state index contributed by atoms with van der Waals surface area (Å²) < 4.78 is 10.2. The van der Waals surface area contributed by atoms with Crippen molar-refractivity contribution in [1.82, 2.24) is 0 Å². The number of hydrogen-bond acceptors (Lipinski definition) is 5. The highest BCUT2D eigenvalue weighted by molar-refractivity contribution is 6.03. The standard InChI is InChI=1S/C19H15NO5/c1-11-6-7-16-14(8-11)15(21)10-17(25-16)18(22)20-13-5-3-4-12(9-13)19(23)24-2/h3-10H,1-2H3,(H,20,22). The highest BCUT2D eigenvalue weighted by Gasteiger charge is 2.14. The van der Waals surface area contributed by atoms with Gasteiger partial charge in [-0.25, -0.2) is 4.79 Å². The average Bonchev–Trinajstić information content (AvgIpc) is 2.61. The maximum Gasteiger partial charge on any atom is 0.337 e. The fourth-order valence-corrected chi connectivity index (χ4v) is 2.42. The van der Waals surface area contributed by atoms with Crippen molar-refractivity contribution in [2.24, 2.45) is 0 Å². The molecule has 1 heterocycles. The first-order valence-electron chi connectivity index (χ1n) is 7.52. The molecule has 6 nitrogen and oxygen atoms in total. The van der Waals surface area contributed by atoms with Crippen LogP contribution < -0.4 is 10.7 Å². The Bertz CT molecular complexity index is 1040. The maximum absolute atomic E-state index is 12.4. The zero-order valence-electron chi connectivity index (χ0n) is 13.7. The molecule has 0 aliphatic rings. The summed E-state index contributed by atoms with van der Waals surface area (Å²) in [6, 6.07) is 12.6. The molecule has 0 spiro atoms. The third-order valence-electron chi connectivity index (χ3n) is 3.65. The fraction of sp³-hybridized carbons (Fsp3) is 0.105. The van der Waals surface area contributed by atoms with Gasteiger partial charge in [0, 0.05) is 11.8 Å². The summed E-state index contributed by atoms with van der Waals surface area (Å²) in [5, 5.41) is 3.02. The van der Waals surface area contributed by atoms with Crippen LogP contribution in [0.5, 0.6) is 0 Å². The molecule has 0 fully saturated rings. The van der Waals surface area contributed by atoms with Gasteiger partial charge >= 0.3 is 5.97 Å². The van der Waals surface area contributed by atoms with Crippen molar-refractivity contribution in [3.8, 4) is 0 Å². The van der Waals surface area contributed by atoms with Crippen molar-refractivity contribution in [1.29, 1.82) is 0 Å². The van der Waals surface area contributed by atoms with Crippen molar-refractivity contribution in [3.05, 3.63) is 75.6 Å². The van der Waals surface area contributed by atoms with E-state index in [1.54, 1.807) is 36.4 Å². The van der Waals surface area contributed by atoms with E-state index in [4.69, 9.17) is 4.42 Å². The number of ether oxygens (including phenoxy) is 1. The number of esters is 1. The van der Waals surface area contributed by atoms with Gasteiger partial charge in [-0.1, -0.05) is 17.7 Å². The van der Waals surface area contributed by atoms with E-state index >= 15 is 0 Å². The number of rotatable bonds is 3. The molecule has 1 amide bonds. The van der Waals surface area contributed by atoms with Gasteiger partial charge in [0.15, 0.2) is 11.2 Å². The van der Waals surface area contributed by atoms with Crippen LogP contribution in [0.4, 0.5) is 5.69 Å². The molecule has 0 radical (unpaired) electrons. The zero-order valence-corrected chi connectivity index (χ0v) is 13.7. The van der Waals surface area contributed by atoms with E-state index in [1.807, 2.05) is 6.92 Å². The third kappa shape index (κ3) is 3.42. The summed E-state index contributed by atoms with van der Waals surface area (Å²) in [7, 11) is 1.28. The molecule has 0 aliphatic heterocycles. The molecule has 6 heteroatoms. The van der Waals surface area contributed by atoms with Crippen molar-refractivity contribution < 1.29 is 18.7 Å². The fourth-order valence-electron chi connectivity index (χ4n) is 2.42. The smallest absolute Gasteiger partial charge is 0.337 e. The van der Waals surface area contributed by atoms with Crippen LogP contribution in [-0.2, 0) is 4.74 Å². The summed E-state index contributed by atoms with van der Waals surface area (Å²) in [5.41, 5.74) is 1.66. The van der Waals surface area contributed by atoms with Crippen LogP contribution in [-0.4, -0.2) is 19.0 Å². The maximum atomic E-state index is 12.4. The van der Waals surface area contributed by atoms with E-state index in [1.165, 1.54) is 13.2 Å². The van der Waals surface area contributed by atoms with Crippen LogP contribution in [0, 0.1) is 6.92 Å². The summed E-state index contributed by atoms with van der Waals surface area (Å²) in [5.74, 6) is -1.20. The highest BCUT2D eigenvalue weighted by Crippen LogP contribution is 2.16. The number of hydrogen-bond donors (Lipinski definition) is 1. The molecule has 1 aromatic heterocycles. The second kappa shape index (κ2) is 6.60. The van der Waals surface area contributed by atoms with Crippen LogP contribution in [0.25, 0.3) is 11.0 Å². The van der Waals surface area contributed by atoms with Gasteiger partial charge in [0.05, 0.1) is 18.1 Å². The monoisotopic (exact) mass is 337 g/mol. The Hall–Kier alpha value is -3.41. The van der Waals surface area contributed by atoms with Gasteiger partial charge < -0.3 is 14.5 Å². The quantitative estimate of drug-likeness (QED) is 0.742. The molecule has 0 atom stereocenters. The lowest BCUT2D eigenvalue weighted by molar-refractivity contribution is 0.0600. The van der Waals surface area contributed by atoms with E-state index in [2.05, 4.69) is 10.1 Å². The molecule has 25 heavy (non-hydrogen) atoms. The van der Waals surface area contributed by atoms with Gasteiger partial charge in [-0.05, 0) is 37.3 Å². The second-order valence-electron chi connectivity index (χ2n) is 5.50. The minimum atomic E-state index is -0.582. The summed E-state index contributed by atoms with van der Waals surface area (Å²) in [6.45, 7) is 1.87. The van der Waals surface area contributed by atoms with Gasteiger partial charge in [0.25, 0.3) is 5.91 Å². The number of benzene rings is 2. The highest BCUT2D eigenvalue weighted by atomic mass is 16.5. The molecular weight excluding hydrogens is 322 g/mol. The first-order chi connectivity index (χ1) is 12.0. The Labute approximate surface area is 143 Å². The zero-order chi connectivity index (χ0) is 18.0. The van der Waals surface area contributed by atoms with E-state index in [0.717, 1.165) is 11.6 Å². The summed E-state index contributed by atoms with van der Waals surface area (Å²) in [6.07, 6.45) is 0. The van der Waals surface area contributed by atoms with Crippen LogP contribution in [0.3, 0.4) is 0 Å². The molecule has 3 aromatic rings. The summed E-state index contributed by atoms with van der Waals surface area (Å²) in [4.78, 5) is 36.1. The van der Waals surface area contributed by atoms with E-state index in [9.17, 15) is 14.4 Å². The van der Waals surface area contributed by atoms with E-state index in [0.29, 0.717) is 22.2 Å². The molecule has 3 rings (SSSR count). The first kappa shape index (κ1) is 16.4. The molecule has 0 saturated carbocycles. The molecule has 0 saturated heterocycles. The molecule has 0 aliphatic carbocycles. The molecule has 1 N–H and O–H groups in total. The molecule has 126 valence electrons. The van der Waals surface area contributed by atoms with E-state index < -0.39 is 11.9 Å². The number of methoxy groups -OCH3 is 1. The number of aryl methyl sites for hydroxylation is 1. The van der Waals surface area contributed by atoms with Crippen LogP contribution >= 0.6 is 0 Å². The lowest BCUT2D eigenvalue weighted by atomic mass is 10.1. The predicted molar refractivity (Wildman–Crippen MR) is 93.0 cm³/mol. The predicted octanol–water partition coefficient (Wildman–Crippen LogP) is 3.14. The van der Waals surface area contributed by atoms with Gasteiger partial charge in [-0.15, -0.1) is 0 Å². The lowest BCUT2D eigenvalue weighted by Gasteiger charge is -2.07. The number of carbonyl (C=O) groups is 2. The van der Waals surface area contributed by atoms with Crippen molar-refractivity contribution >= 4 is 28.5 Å². The van der Waals surface area contributed by atoms with Gasteiger partial charge in [-0.3, -0.25) is 9.59 Å². The van der Waals surface area contributed by atoms with Gasteiger partial charge in [0.1, 0.15) is 5.58 Å². The number of fused-ring (bicyclic) bond motifs is 1. The number of amides is 1. The molecular formula is C19H15NO5. The topological polar surface area (TPSA) is 85.6 Å². The minimum absolute atomic E-state index is 0.107. The van der Waals surface area contributed by atoms with Gasteiger partial charge in [-0.2, -0.15) is 0 Å². The second-order valence-corrected chi connectivity index (χ2v) is 5.50. The van der Waals surface area contributed by atoms with Crippen LogP contribution in [0.15, 0.2) is 57.7 Å². The molecule has 0 unspecified atom stereocenters. The average molecular weight is 337 g/mol. The largest absolute Gasteiger partial charge is 0.465 e. The van der Waals surface area contributed by atoms with E-state index in [-0.39, 0.29) is 11.2 Å². The Morgan fingerprint density at radius 3 is 2.64 bits per heavy atom. The lowest BCUT2D eigenvalue weighted by Crippen LogP contribution is -2.15. The SMILES string of the molecule is COC(=O)c1cccc(NC(=O)c2cc(=O)c3cc(C)ccc3o2)c1. The van der Waals surface area contributed by atoms with Crippen molar-refractivity contribution in [3.63, 3.8) is 0 Å².